The van der Waals surface area contributed by atoms with Crippen molar-refractivity contribution in [2.45, 2.75) is 58.0 Å². The highest BCUT2D eigenvalue weighted by atomic mass is 32.1. The standard InChI is InChI=1S/C17H24N2O3S/c1-10-3-6-13-11(7-10)8-14(23-13)16(21)19-18-15(20)9-17(2,22)12-4-5-12/h8,10,12,22H,3-7,9H2,1-2H3,(H,18,20)(H,19,21)/t10-,17+/m1/s1. The molecule has 2 amide bonds. The molecule has 3 N–H and O–H groups in total. The molecule has 3 rings (SSSR count). The highest BCUT2D eigenvalue weighted by molar-refractivity contribution is 7.14. The number of hydrogen-bond donors (Lipinski definition) is 3. The van der Waals surface area contributed by atoms with Gasteiger partial charge in [0, 0.05) is 4.88 Å². The summed E-state index contributed by atoms with van der Waals surface area (Å²) in [7, 11) is 0. The zero-order valence-corrected chi connectivity index (χ0v) is 14.5. The molecule has 0 spiro atoms. The Hall–Kier alpha value is -1.40. The van der Waals surface area contributed by atoms with Gasteiger partial charge in [-0.2, -0.15) is 0 Å². The number of fused-ring (bicyclic) bond motifs is 1. The Morgan fingerprint density at radius 1 is 1.35 bits per heavy atom. The van der Waals surface area contributed by atoms with Crippen LogP contribution in [0.3, 0.4) is 0 Å². The Bertz CT molecular complexity index is 619. The average Bonchev–Trinajstić information content (AvgIpc) is 3.25. The number of hydrogen-bond acceptors (Lipinski definition) is 4. The Labute approximate surface area is 140 Å². The number of thiophene rings is 1. The second-order valence-electron chi connectivity index (χ2n) is 7.22. The van der Waals surface area contributed by atoms with Gasteiger partial charge >= 0.3 is 0 Å². The van der Waals surface area contributed by atoms with Gasteiger partial charge < -0.3 is 5.11 Å². The Morgan fingerprint density at radius 3 is 2.78 bits per heavy atom. The van der Waals surface area contributed by atoms with E-state index in [2.05, 4.69) is 17.8 Å². The van der Waals surface area contributed by atoms with Crippen molar-refractivity contribution in [1.82, 2.24) is 10.9 Å². The molecule has 2 atom stereocenters. The number of nitrogens with one attached hydrogen (secondary N) is 2. The minimum absolute atomic E-state index is 0.0103. The predicted molar refractivity (Wildman–Crippen MR) is 89.1 cm³/mol. The van der Waals surface area contributed by atoms with Crippen molar-refractivity contribution in [3.8, 4) is 0 Å². The maximum Gasteiger partial charge on any atom is 0.279 e. The summed E-state index contributed by atoms with van der Waals surface area (Å²) in [5.74, 6) is 0.231. The van der Waals surface area contributed by atoms with Crippen molar-refractivity contribution >= 4 is 23.2 Å². The van der Waals surface area contributed by atoms with Crippen LogP contribution in [0.4, 0.5) is 0 Å². The van der Waals surface area contributed by atoms with Crippen LogP contribution in [0.25, 0.3) is 0 Å². The minimum atomic E-state index is -0.979. The molecule has 23 heavy (non-hydrogen) atoms. The third-order valence-corrected chi connectivity index (χ3v) is 6.08. The fraction of sp³-hybridized carbons (Fsp3) is 0.647. The molecule has 2 aliphatic rings. The second kappa shape index (κ2) is 6.24. The first-order valence-electron chi connectivity index (χ1n) is 8.28. The Kier molecular flexibility index (Phi) is 4.47. The van der Waals surface area contributed by atoms with Gasteiger partial charge in [-0.3, -0.25) is 20.4 Å². The van der Waals surface area contributed by atoms with E-state index < -0.39 is 5.60 Å². The summed E-state index contributed by atoms with van der Waals surface area (Å²) in [6.07, 6.45) is 5.16. The monoisotopic (exact) mass is 336 g/mol. The van der Waals surface area contributed by atoms with Gasteiger partial charge in [0.15, 0.2) is 0 Å². The average molecular weight is 336 g/mol. The van der Waals surface area contributed by atoms with Gasteiger partial charge in [0.25, 0.3) is 5.91 Å². The molecule has 0 aromatic carbocycles. The first kappa shape index (κ1) is 16.5. The molecule has 0 bridgehead atoms. The first-order valence-corrected chi connectivity index (χ1v) is 9.10. The van der Waals surface area contributed by atoms with Crippen LogP contribution in [0.5, 0.6) is 0 Å². The number of aliphatic hydroxyl groups is 1. The third kappa shape index (κ3) is 3.93. The smallest absolute Gasteiger partial charge is 0.279 e. The van der Waals surface area contributed by atoms with Gasteiger partial charge in [0.05, 0.1) is 16.9 Å². The molecule has 1 saturated carbocycles. The summed E-state index contributed by atoms with van der Waals surface area (Å²) >= 11 is 1.51. The highest BCUT2D eigenvalue weighted by Gasteiger charge is 2.41. The number of rotatable bonds is 4. The summed E-state index contributed by atoms with van der Waals surface area (Å²) in [5, 5.41) is 10.2. The van der Waals surface area contributed by atoms with Gasteiger partial charge in [0.2, 0.25) is 5.91 Å². The molecule has 1 heterocycles. The topological polar surface area (TPSA) is 78.4 Å². The lowest BCUT2D eigenvalue weighted by Crippen LogP contribution is -2.45. The fourth-order valence-corrected chi connectivity index (χ4v) is 4.33. The molecular weight excluding hydrogens is 312 g/mol. The molecule has 126 valence electrons. The van der Waals surface area contributed by atoms with Crippen molar-refractivity contribution < 1.29 is 14.7 Å². The van der Waals surface area contributed by atoms with E-state index in [0.717, 1.165) is 25.7 Å². The lowest BCUT2D eigenvalue weighted by atomic mass is 9.90. The van der Waals surface area contributed by atoms with E-state index in [1.807, 2.05) is 6.07 Å². The number of carbonyl (C=O) groups excluding carboxylic acids is 2. The SMILES string of the molecule is C[C@@H]1CCc2sc(C(=O)NNC(=O)C[C@](C)(O)C3CC3)cc2C1. The van der Waals surface area contributed by atoms with Crippen LogP contribution < -0.4 is 10.9 Å². The normalized spacial score (nSPS) is 22.8. The predicted octanol–water partition coefficient (Wildman–Crippen LogP) is 2.19. The Morgan fingerprint density at radius 2 is 2.09 bits per heavy atom. The van der Waals surface area contributed by atoms with E-state index in [4.69, 9.17) is 0 Å². The quantitative estimate of drug-likeness (QED) is 0.738. The van der Waals surface area contributed by atoms with Crippen LogP contribution in [-0.4, -0.2) is 22.5 Å². The van der Waals surface area contributed by atoms with E-state index in [0.29, 0.717) is 10.8 Å². The molecule has 0 aliphatic heterocycles. The van der Waals surface area contributed by atoms with Crippen molar-refractivity contribution in [3.05, 3.63) is 21.4 Å². The van der Waals surface area contributed by atoms with Crippen molar-refractivity contribution in [1.29, 1.82) is 0 Å². The fourth-order valence-electron chi connectivity index (χ4n) is 3.22. The van der Waals surface area contributed by atoms with Gasteiger partial charge in [-0.25, -0.2) is 0 Å². The van der Waals surface area contributed by atoms with Crippen LogP contribution in [0, 0.1) is 11.8 Å². The van der Waals surface area contributed by atoms with Crippen molar-refractivity contribution in [2.75, 3.05) is 0 Å². The van der Waals surface area contributed by atoms with Crippen molar-refractivity contribution in [3.63, 3.8) is 0 Å². The molecule has 0 radical (unpaired) electrons. The first-order chi connectivity index (χ1) is 10.8. The zero-order chi connectivity index (χ0) is 16.6. The number of hydrazine groups is 1. The number of aryl methyl sites for hydroxylation is 1. The zero-order valence-electron chi connectivity index (χ0n) is 13.6. The van der Waals surface area contributed by atoms with Crippen LogP contribution in [0.15, 0.2) is 6.07 Å². The summed E-state index contributed by atoms with van der Waals surface area (Å²) < 4.78 is 0. The van der Waals surface area contributed by atoms with E-state index in [1.54, 1.807) is 6.92 Å². The molecule has 0 unspecified atom stereocenters. The van der Waals surface area contributed by atoms with Crippen LogP contribution >= 0.6 is 11.3 Å². The lowest BCUT2D eigenvalue weighted by Gasteiger charge is -2.22. The van der Waals surface area contributed by atoms with Gasteiger partial charge in [-0.05, 0) is 62.5 Å². The summed E-state index contributed by atoms with van der Waals surface area (Å²) in [5.41, 5.74) is 5.17. The molecule has 1 aromatic heterocycles. The molecular formula is C17H24N2O3S. The Balaban J connectivity index is 1.52. The van der Waals surface area contributed by atoms with Gasteiger partial charge in [0.1, 0.15) is 0 Å². The molecule has 6 heteroatoms. The molecule has 1 fully saturated rings. The molecule has 1 aromatic rings. The lowest BCUT2D eigenvalue weighted by molar-refractivity contribution is -0.127. The largest absolute Gasteiger partial charge is 0.389 e. The van der Waals surface area contributed by atoms with Crippen molar-refractivity contribution in [2.24, 2.45) is 11.8 Å². The van der Waals surface area contributed by atoms with E-state index in [1.165, 1.54) is 28.2 Å². The summed E-state index contributed by atoms with van der Waals surface area (Å²) in [6, 6.07) is 1.94. The number of amides is 2. The van der Waals surface area contributed by atoms with Crippen LogP contribution in [0.1, 0.15) is 59.6 Å². The van der Waals surface area contributed by atoms with Crippen LogP contribution in [0.2, 0.25) is 0 Å². The summed E-state index contributed by atoms with van der Waals surface area (Å²) in [6.45, 7) is 3.91. The maximum absolute atomic E-state index is 12.2. The van der Waals surface area contributed by atoms with E-state index >= 15 is 0 Å². The maximum atomic E-state index is 12.2. The van der Waals surface area contributed by atoms with E-state index in [9.17, 15) is 14.7 Å². The summed E-state index contributed by atoms with van der Waals surface area (Å²) in [4.78, 5) is 26.0. The van der Waals surface area contributed by atoms with Gasteiger partial charge in [-0.15, -0.1) is 11.3 Å². The second-order valence-corrected chi connectivity index (χ2v) is 8.35. The molecule has 5 nitrogen and oxygen atoms in total. The number of carbonyl (C=O) groups is 2. The van der Waals surface area contributed by atoms with E-state index in [-0.39, 0.29) is 24.2 Å². The third-order valence-electron chi connectivity index (χ3n) is 4.84. The van der Waals surface area contributed by atoms with Gasteiger partial charge in [-0.1, -0.05) is 6.92 Å². The molecule has 2 aliphatic carbocycles. The highest BCUT2D eigenvalue weighted by Crippen LogP contribution is 2.41. The minimum Gasteiger partial charge on any atom is -0.389 e. The molecule has 0 saturated heterocycles. The van der Waals surface area contributed by atoms with Crippen LogP contribution in [-0.2, 0) is 17.6 Å².